The van der Waals surface area contributed by atoms with Crippen LogP contribution in [-0.2, 0) is 22.9 Å². The molecular formula is C21H23ClN4O2S2. The van der Waals surface area contributed by atoms with Gasteiger partial charge in [0.25, 0.3) is 0 Å². The molecule has 0 amide bonds. The Hall–Kier alpha value is -1.74. The van der Waals surface area contributed by atoms with Crippen LogP contribution < -0.4 is 4.90 Å². The van der Waals surface area contributed by atoms with Crippen molar-refractivity contribution >= 4 is 49.0 Å². The average molecular weight is 463 g/mol. The van der Waals surface area contributed by atoms with Crippen LogP contribution in [0, 0.1) is 6.92 Å². The number of aryl methyl sites for hydroxylation is 3. The van der Waals surface area contributed by atoms with Gasteiger partial charge in [-0.15, -0.1) is 11.3 Å². The van der Waals surface area contributed by atoms with E-state index in [4.69, 9.17) is 21.6 Å². The first-order chi connectivity index (χ1) is 14.4. The van der Waals surface area contributed by atoms with Crippen molar-refractivity contribution < 1.29 is 8.42 Å². The first-order valence-electron chi connectivity index (χ1n) is 10.2. The van der Waals surface area contributed by atoms with Gasteiger partial charge < -0.3 is 4.90 Å². The SMILES string of the molecule is Cc1nc(N2CCN(S(=O)(=O)c3ccc(Cl)cc3)CC2)c2c3c(sc2n1)CCCC3. The number of thiophene rings is 1. The van der Waals surface area contributed by atoms with Crippen LogP contribution in [0.1, 0.15) is 29.1 Å². The lowest BCUT2D eigenvalue weighted by molar-refractivity contribution is 0.384. The van der Waals surface area contributed by atoms with Crippen molar-refractivity contribution in [1.29, 1.82) is 0 Å². The Morgan fingerprint density at radius 1 is 1.00 bits per heavy atom. The molecule has 158 valence electrons. The molecule has 9 heteroatoms. The number of piperazine rings is 1. The van der Waals surface area contributed by atoms with Gasteiger partial charge in [-0.25, -0.2) is 18.4 Å². The maximum Gasteiger partial charge on any atom is 0.243 e. The number of hydrogen-bond donors (Lipinski definition) is 0. The van der Waals surface area contributed by atoms with Crippen LogP contribution in [0.15, 0.2) is 29.2 Å². The Labute approximate surface area is 185 Å². The molecule has 0 spiro atoms. The zero-order valence-corrected chi connectivity index (χ0v) is 19.2. The molecule has 0 atom stereocenters. The van der Waals surface area contributed by atoms with Gasteiger partial charge in [-0.05, 0) is 62.4 Å². The monoisotopic (exact) mass is 462 g/mol. The van der Waals surface area contributed by atoms with Crippen molar-refractivity contribution in [2.75, 3.05) is 31.1 Å². The predicted molar refractivity (Wildman–Crippen MR) is 121 cm³/mol. The number of fused-ring (bicyclic) bond motifs is 3. The normalized spacial score (nSPS) is 18.0. The van der Waals surface area contributed by atoms with Crippen LogP contribution in [0.3, 0.4) is 0 Å². The Balaban J connectivity index is 1.43. The lowest BCUT2D eigenvalue weighted by atomic mass is 9.97. The number of aromatic nitrogens is 2. The molecule has 5 rings (SSSR count). The average Bonchev–Trinajstić information content (AvgIpc) is 3.11. The molecule has 0 N–H and O–H groups in total. The predicted octanol–water partition coefficient (Wildman–Crippen LogP) is 4.04. The van der Waals surface area contributed by atoms with Crippen LogP contribution in [-0.4, -0.2) is 48.9 Å². The van der Waals surface area contributed by atoms with E-state index in [2.05, 4.69) is 4.90 Å². The Morgan fingerprint density at radius 2 is 1.70 bits per heavy atom. The Kier molecular flexibility index (Phi) is 5.21. The second-order valence-corrected chi connectivity index (χ2v) is 11.3. The number of sulfonamides is 1. The van der Waals surface area contributed by atoms with Crippen LogP contribution in [0.4, 0.5) is 5.82 Å². The summed E-state index contributed by atoms with van der Waals surface area (Å²) >= 11 is 7.71. The van der Waals surface area contributed by atoms with Crippen molar-refractivity contribution in [3.8, 4) is 0 Å². The third-order valence-electron chi connectivity index (χ3n) is 5.90. The van der Waals surface area contributed by atoms with Gasteiger partial charge in [0.05, 0.1) is 10.3 Å². The minimum atomic E-state index is -3.52. The highest BCUT2D eigenvalue weighted by molar-refractivity contribution is 7.89. The molecule has 3 heterocycles. The van der Waals surface area contributed by atoms with E-state index in [9.17, 15) is 8.42 Å². The summed E-state index contributed by atoms with van der Waals surface area (Å²) in [5.74, 6) is 1.74. The van der Waals surface area contributed by atoms with Crippen molar-refractivity contribution in [1.82, 2.24) is 14.3 Å². The molecular weight excluding hydrogens is 440 g/mol. The minimum Gasteiger partial charge on any atom is -0.353 e. The molecule has 3 aromatic rings. The van der Waals surface area contributed by atoms with Gasteiger partial charge in [-0.1, -0.05) is 11.6 Å². The fourth-order valence-electron chi connectivity index (χ4n) is 4.37. The number of rotatable bonds is 3. The first-order valence-corrected chi connectivity index (χ1v) is 12.9. The first kappa shape index (κ1) is 20.2. The molecule has 2 aliphatic rings. The molecule has 6 nitrogen and oxygen atoms in total. The zero-order valence-electron chi connectivity index (χ0n) is 16.8. The van der Waals surface area contributed by atoms with Crippen molar-refractivity contribution in [2.45, 2.75) is 37.5 Å². The second kappa shape index (κ2) is 7.75. The summed E-state index contributed by atoms with van der Waals surface area (Å²) in [6.45, 7) is 4.03. The largest absolute Gasteiger partial charge is 0.353 e. The lowest BCUT2D eigenvalue weighted by Gasteiger charge is -2.35. The molecule has 30 heavy (non-hydrogen) atoms. The number of nitrogens with zero attached hydrogens (tertiary/aromatic N) is 4. The van der Waals surface area contributed by atoms with Crippen LogP contribution >= 0.6 is 22.9 Å². The van der Waals surface area contributed by atoms with Crippen LogP contribution in [0.2, 0.25) is 5.02 Å². The number of hydrogen-bond acceptors (Lipinski definition) is 6. The van der Waals surface area contributed by atoms with E-state index in [0.29, 0.717) is 31.2 Å². The van der Waals surface area contributed by atoms with E-state index < -0.39 is 10.0 Å². The van der Waals surface area contributed by atoms with Gasteiger partial charge in [0, 0.05) is 36.1 Å². The van der Waals surface area contributed by atoms with Gasteiger partial charge >= 0.3 is 0 Å². The van der Waals surface area contributed by atoms with E-state index in [1.807, 2.05) is 6.92 Å². The number of anilines is 1. The third kappa shape index (κ3) is 3.49. The summed E-state index contributed by atoms with van der Waals surface area (Å²) in [6, 6.07) is 6.37. The fourth-order valence-corrected chi connectivity index (χ4v) is 7.22. The summed E-state index contributed by atoms with van der Waals surface area (Å²) < 4.78 is 27.6. The molecule has 1 aliphatic heterocycles. The second-order valence-electron chi connectivity index (χ2n) is 7.83. The number of halogens is 1. The topological polar surface area (TPSA) is 66.4 Å². The molecule has 0 bridgehead atoms. The van der Waals surface area contributed by atoms with Gasteiger partial charge in [-0.3, -0.25) is 0 Å². The summed E-state index contributed by atoms with van der Waals surface area (Å²) in [5.41, 5.74) is 1.41. The molecule has 0 unspecified atom stereocenters. The molecule has 1 saturated heterocycles. The summed E-state index contributed by atoms with van der Waals surface area (Å²) in [5, 5.41) is 1.72. The van der Waals surface area contributed by atoms with Crippen molar-refractivity contribution in [3.63, 3.8) is 0 Å². The van der Waals surface area contributed by atoms with Gasteiger partial charge in [0.2, 0.25) is 10.0 Å². The standard InChI is InChI=1S/C21H23ClN4O2S2/c1-14-23-20(19-17-4-2-3-5-18(17)29-21(19)24-14)25-10-12-26(13-11-25)30(27,28)16-8-6-15(22)7-9-16/h6-9H,2-5,10-13H2,1H3. The molecule has 1 fully saturated rings. The van der Waals surface area contributed by atoms with Crippen LogP contribution in [0.25, 0.3) is 10.2 Å². The molecule has 1 aliphatic carbocycles. The highest BCUT2D eigenvalue weighted by Gasteiger charge is 2.31. The van der Waals surface area contributed by atoms with Gasteiger partial charge in [0.1, 0.15) is 16.5 Å². The van der Waals surface area contributed by atoms with E-state index in [0.717, 1.165) is 29.3 Å². The third-order valence-corrected chi connectivity index (χ3v) is 9.25. The zero-order chi connectivity index (χ0) is 20.9. The molecule has 0 radical (unpaired) electrons. The maximum absolute atomic E-state index is 13.0. The fraction of sp³-hybridized carbons (Fsp3) is 0.429. The van der Waals surface area contributed by atoms with Crippen molar-refractivity contribution in [2.24, 2.45) is 0 Å². The Bertz CT molecular complexity index is 1200. The van der Waals surface area contributed by atoms with Crippen LogP contribution in [0.5, 0.6) is 0 Å². The summed E-state index contributed by atoms with van der Waals surface area (Å²) in [6.07, 6.45) is 4.66. The molecule has 1 aromatic carbocycles. The maximum atomic E-state index is 13.0. The van der Waals surface area contributed by atoms with E-state index >= 15 is 0 Å². The Morgan fingerprint density at radius 3 is 2.43 bits per heavy atom. The number of benzene rings is 1. The smallest absolute Gasteiger partial charge is 0.243 e. The minimum absolute atomic E-state index is 0.285. The molecule has 2 aromatic heterocycles. The van der Waals surface area contributed by atoms with E-state index in [-0.39, 0.29) is 4.90 Å². The highest BCUT2D eigenvalue weighted by Crippen LogP contribution is 2.40. The van der Waals surface area contributed by atoms with Gasteiger partial charge in [-0.2, -0.15) is 4.31 Å². The molecule has 0 saturated carbocycles. The van der Waals surface area contributed by atoms with Crippen molar-refractivity contribution in [3.05, 3.63) is 45.6 Å². The summed E-state index contributed by atoms with van der Waals surface area (Å²) in [4.78, 5) is 14.5. The highest BCUT2D eigenvalue weighted by atomic mass is 35.5. The lowest BCUT2D eigenvalue weighted by Crippen LogP contribution is -2.49. The van der Waals surface area contributed by atoms with E-state index in [1.54, 1.807) is 39.9 Å². The summed E-state index contributed by atoms with van der Waals surface area (Å²) in [7, 11) is -3.52. The van der Waals surface area contributed by atoms with E-state index in [1.165, 1.54) is 28.7 Å². The van der Waals surface area contributed by atoms with Gasteiger partial charge in [0.15, 0.2) is 0 Å². The quantitative estimate of drug-likeness (QED) is 0.587.